The molecule has 1 fully saturated rings. The van der Waals surface area contributed by atoms with E-state index in [-0.39, 0.29) is 5.41 Å². The Labute approximate surface area is 135 Å². The van der Waals surface area contributed by atoms with Crippen LogP contribution in [0.2, 0.25) is 0 Å². The van der Waals surface area contributed by atoms with Gasteiger partial charge in [-0.3, -0.25) is 0 Å². The summed E-state index contributed by atoms with van der Waals surface area (Å²) >= 11 is 3.47. The van der Waals surface area contributed by atoms with E-state index >= 15 is 0 Å². The van der Waals surface area contributed by atoms with Crippen molar-refractivity contribution in [1.29, 1.82) is 0 Å². The van der Waals surface area contributed by atoms with Gasteiger partial charge >= 0.3 is 0 Å². The summed E-state index contributed by atoms with van der Waals surface area (Å²) in [5.74, 6) is 2.67. The lowest BCUT2D eigenvalue weighted by molar-refractivity contribution is 0.141. The van der Waals surface area contributed by atoms with E-state index in [4.69, 9.17) is 0 Å². The summed E-state index contributed by atoms with van der Waals surface area (Å²) in [5.41, 5.74) is -0.0708. The van der Waals surface area contributed by atoms with Crippen molar-refractivity contribution in [2.45, 2.75) is 51.9 Å². The third-order valence-corrected chi connectivity index (χ3v) is 4.62. The van der Waals surface area contributed by atoms with Crippen molar-refractivity contribution in [2.75, 3.05) is 18.5 Å². The molecule has 1 saturated carbocycles. The summed E-state index contributed by atoms with van der Waals surface area (Å²) in [4.78, 5) is 9.08. The van der Waals surface area contributed by atoms with Crippen molar-refractivity contribution in [3.8, 4) is 0 Å². The molecule has 0 saturated heterocycles. The van der Waals surface area contributed by atoms with Crippen LogP contribution in [0, 0.1) is 11.8 Å². The monoisotopic (exact) mass is 355 g/mol. The molecule has 0 spiro atoms. The Bertz CT molecular complexity index is 473. The molecule has 1 aromatic rings. The summed E-state index contributed by atoms with van der Waals surface area (Å²) in [6.45, 7) is 7.51. The number of hydrogen-bond acceptors (Lipinski definition) is 4. The van der Waals surface area contributed by atoms with Gasteiger partial charge in [-0.15, -0.1) is 0 Å². The maximum Gasteiger partial charge on any atom is 0.137 e. The van der Waals surface area contributed by atoms with Gasteiger partial charge < -0.3 is 10.4 Å². The average Bonchev–Trinajstić information content (AvgIpc) is 2.44. The number of rotatable bonds is 4. The van der Waals surface area contributed by atoms with Crippen LogP contribution in [0.1, 0.15) is 52.3 Å². The zero-order valence-electron chi connectivity index (χ0n) is 13.2. The van der Waals surface area contributed by atoms with Gasteiger partial charge in [-0.25, -0.2) is 9.97 Å². The molecule has 1 aliphatic rings. The quantitative estimate of drug-likeness (QED) is 0.807. The fourth-order valence-electron chi connectivity index (χ4n) is 2.87. The number of aliphatic hydroxyl groups is 1. The lowest BCUT2D eigenvalue weighted by Gasteiger charge is -2.30. The topological polar surface area (TPSA) is 58.0 Å². The highest BCUT2D eigenvalue weighted by Gasteiger charge is 2.24. The second kappa shape index (κ2) is 7.05. The van der Waals surface area contributed by atoms with E-state index in [0.717, 1.165) is 29.2 Å². The molecule has 0 aromatic carbocycles. The first-order valence-electron chi connectivity index (χ1n) is 7.80. The van der Waals surface area contributed by atoms with Gasteiger partial charge in [-0.1, -0.05) is 33.6 Å². The number of anilines is 1. The molecule has 118 valence electrons. The molecule has 1 aromatic heterocycles. The number of aromatic nitrogens is 2. The maximum atomic E-state index is 9.49. The van der Waals surface area contributed by atoms with Gasteiger partial charge in [0, 0.05) is 24.6 Å². The summed E-state index contributed by atoms with van der Waals surface area (Å²) in [6, 6.07) is 1.92. The molecule has 1 heterocycles. The molecule has 2 rings (SSSR count). The molecule has 0 aliphatic heterocycles. The predicted molar refractivity (Wildman–Crippen MR) is 89.5 cm³/mol. The van der Waals surface area contributed by atoms with Crippen LogP contribution in [-0.2, 0) is 5.41 Å². The standard InChI is InChI=1S/C16H26BrN3O/c1-16(2,3)15-19-13(17)8-14(20-15)18-9-11-6-4-5-7-12(11)10-21/h8,11-12,21H,4-7,9-10H2,1-3H3,(H,18,19,20). The molecular weight excluding hydrogens is 330 g/mol. The normalized spacial score (nSPS) is 23.1. The van der Waals surface area contributed by atoms with Gasteiger partial charge in [0.05, 0.1) is 0 Å². The van der Waals surface area contributed by atoms with Crippen LogP contribution in [0.3, 0.4) is 0 Å². The highest BCUT2D eigenvalue weighted by atomic mass is 79.9. The molecule has 2 atom stereocenters. The van der Waals surface area contributed by atoms with Crippen LogP contribution in [0.25, 0.3) is 0 Å². The minimum atomic E-state index is -0.0708. The van der Waals surface area contributed by atoms with Gasteiger partial charge in [-0.2, -0.15) is 0 Å². The van der Waals surface area contributed by atoms with Crippen LogP contribution in [0.5, 0.6) is 0 Å². The Balaban J connectivity index is 2.04. The number of nitrogens with one attached hydrogen (secondary N) is 1. The van der Waals surface area contributed by atoms with Gasteiger partial charge in [-0.05, 0) is 40.6 Å². The van der Waals surface area contributed by atoms with E-state index in [1.807, 2.05) is 6.07 Å². The second-order valence-electron chi connectivity index (χ2n) is 7.02. The Hall–Kier alpha value is -0.680. The molecule has 0 amide bonds. The lowest BCUT2D eigenvalue weighted by atomic mass is 9.79. The number of nitrogens with zero attached hydrogens (tertiary/aromatic N) is 2. The first-order chi connectivity index (χ1) is 9.90. The average molecular weight is 356 g/mol. The van der Waals surface area contributed by atoms with E-state index < -0.39 is 0 Å². The zero-order valence-corrected chi connectivity index (χ0v) is 14.8. The van der Waals surface area contributed by atoms with Crippen molar-refractivity contribution in [2.24, 2.45) is 11.8 Å². The molecule has 4 nitrogen and oxygen atoms in total. The van der Waals surface area contributed by atoms with Gasteiger partial charge in [0.15, 0.2) is 0 Å². The van der Waals surface area contributed by atoms with E-state index in [2.05, 4.69) is 52.0 Å². The van der Waals surface area contributed by atoms with Crippen LogP contribution >= 0.6 is 15.9 Å². The fraction of sp³-hybridized carbons (Fsp3) is 0.750. The molecule has 0 bridgehead atoms. The van der Waals surface area contributed by atoms with E-state index in [9.17, 15) is 5.11 Å². The largest absolute Gasteiger partial charge is 0.396 e. The number of aliphatic hydroxyl groups excluding tert-OH is 1. The van der Waals surface area contributed by atoms with Crippen LogP contribution in [0.4, 0.5) is 5.82 Å². The van der Waals surface area contributed by atoms with Crippen molar-refractivity contribution < 1.29 is 5.11 Å². The molecule has 21 heavy (non-hydrogen) atoms. The molecule has 5 heteroatoms. The molecule has 2 unspecified atom stereocenters. The maximum absolute atomic E-state index is 9.49. The SMILES string of the molecule is CC(C)(C)c1nc(Br)cc(NCC2CCCCC2CO)n1. The zero-order chi connectivity index (χ0) is 15.5. The minimum Gasteiger partial charge on any atom is -0.396 e. The second-order valence-corrected chi connectivity index (χ2v) is 7.83. The van der Waals surface area contributed by atoms with Crippen LogP contribution in [0.15, 0.2) is 10.7 Å². The van der Waals surface area contributed by atoms with E-state index in [1.165, 1.54) is 19.3 Å². The Morgan fingerprint density at radius 2 is 1.90 bits per heavy atom. The molecule has 2 N–H and O–H groups in total. The highest BCUT2D eigenvalue weighted by molar-refractivity contribution is 9.10. The highest BCUT2D eigenvalue weighted by Crippen LogP contribution is 2.30. The smallest absolute Gasteiger partial charge is 0.137 e. The molecular formula is C16H26BrN3O. The lowest BCUT2D eigenvalue weighted by Crippen LogP contribution is -2.29. The summed E-state index contributed by atoms with van der Waals surface area (Å²) < 4.78 is 0.812. The number of hydrogen-bond donors (Lipinski definition) is 2. The van der Waals surface area contributed by atoms with E-state index in [0.29, 0.717) is 18.4 Å². The van der Waals surface area contributed by atoms with Crippen molar-refractivity contribution in [1.82, 2.24) is 9.97 Å². The number of halogens is 1. The van der Waals surface area contributed by atoms with Gasteiger partial charge in [0.2, 0.25) is 0 Å². The Morgan fingerprint density at radius 1 is 1.24 bits per heavy atom. The van der Waals surface area contributed by atoms with Crippen LogP contribution < -0.4 is 5.32 Å². The summed E-state index contributed by atoms with van der Waals surface area (Å²) in [5, 5.41) is 12.9. The third-order valence-electron chi connectivity index (χ3n) is 4.21. The first kappa shape index (κ1) is 16.7. The van der Waals surface area contributed by atoms with Crippen LogP contribution in [-0.4, -0.2) is 28.2 Å². The van der Waals surface area contributed by atoms with Gasteiger partial charge in [0.25, 0.3) is 0 Å². The van der Waals surface area contributed by atoms with Crippen molar-refractivity contribution >= 4 is 21.7 Å². The molecule has 0 radical (unpaired) electrons. The summed E-state index contributed by atoms with van der Waals surface area (Å²) in [7, 11) is 0. The fourth-order valence-corrected chi connectivity index (χ4v) is 3.26. The summed E-state index contributed by atoms with van der Waals surface area (Å²) in [6.07, 6.45) is 4.85. The molecule has 1 aliphatic carbocycles. The van der Waals surface area contributed by atoms with Crippen molar-refractivity contribution in [3.05, 3.63) is 16.5 Å². The third kappa shape index (κ3) is 4.65. The predicted octanol–water partition coefficient (Wildman–Crippen LogP) is 3.75. The first-order valence-corrected chi connectivity index (χ1v) is 8.59. The van der Waals surface area contributed by atoms with Crippen molar-refractivity contribution in [3.63, 3.8) is 0 Å². The van der Waals surface area contributed by atoms with E-state index in [1.54, 1.807) is 0 Å². The Morgan fingerprint density at radius 3 is 2.52 bits per heavy atom. The van der Waals surface area contributed by atoms with Gasteiger partial charge in [0.1, 0.15) is 16.2 Å². The Kier molecular flexibility index (Phi) is 5.60. The minimum absolute atomic E-state index is 0.0708.